The molecule has 1 heterocycles. The van der Waals surface area contributed by atoms with E-state index in [0.29, 0.717) is 5.16 Å². The second-order valence-electron chi connectivity index (χ2n) is 1.23. The van der Waals surface area contributed by atoms with Crippen LogP contribution in [0.1, 0.15) is 5.82 Å². The second-order valence-corrected chi connectivity index (χ2v) is 1.66. The number of hydrogen-bond donors (Lipinski definition) is 2. The Balaban J connectivity index is 0.000000490. The molecule has 0 unspecified atom stereocenters. The van der Waals surface area contributed by atoms with E-state index in [9.17, 15) is 0 Å². The molecule has 0 bridgehead atoms. The van der Waals surface area contributed by atoms with Crippen LogP contribution in [0.15, 0.2) is 5.16 Å². The molecule has 1 aromatic heterocycles. The Labute approximate surface area is 75.0 Å². The van der Waals surface area contributed by atoms with Gasteiger partial charge in [-0.1, -0.05) is 0 Å². The van der Waals surface area contributed by atoms with Gasteiger partial charge in [0.15, 0.2) is 5.16 Å². The van der Waals surface area contributed by atoms with Crippen LogP contribution in [0, 0.1) is 6.92 Å². The molecule has 1 aromatic rings. The van der Waals surface area contributed by atoms with Gasteiger partial charge in [0.2, 0.25) is 0 Å². The molecule has 0 aliphatic carbocycles. The third-order valence-corrected chi connectivity index (χ3v) is 0.789. The van der Waals surface area contributed by atoms with Crippen molar-refractivity contribution in [3.63, 3.8) is 0 Å². The predicted octanol–water partition coefficient (Wildman–Crippen LogP) is -0.247. The van der Waals surface area contributed by atoms with Crippen molar-refractivity contribution >= 4 is 42.2 Å². The van der Waals surface area contributed by atoms with E-state index in [1.807, 2.05) is 6.92 Å². The molecule has 1 N–H and O–H groups in total. The Kier molecular flexibility index (Phi) is 3.72. The third kappa shape index (κ3) is 2.17. The molecule has 0 radical (unpaired) electrons. The van der Waals surface area contributed by atoms with E-state index in [2.05, 4.69) is 27.8 Å². The Morgan fingerprint density at radius 3 is 2.25 bits per heavy atom. The van der Waals surface area contributed by atoms with Crippen molar-refractivity contribution in [3.05, 3.63) is 5.82 Å². The molecular formula is C3H6N3NaS. The van der Waals surface area contributed by atoms with Gasteiger partial charge < -0.3 is 4.98 Å². The number of thiol groups is 1. The fraction of sp³-hybridized carbons (Fsp3) is 0.333. The summed E-state index contributed by atoms with van der Waals surface area (Å²) in [6.07, 6.45) is 0. The van der Waals surface area contributed by atoms with Crippen LogP contribution in [-0.2, 0) is 0 Å². The van der Waals surface area contributed by atoms with E-state index < -0.39 is 0 Å². The molecule has 3 nitrogen and oxygen atoms in total. The number of rotatable bonds is 0. The molecule has 0 fully saturated rings. The molecule has 40 valence electrons. The normalized spacial score (nSPS) is 8.25. The van der Waals surface area contributed by atoms with Gasteiger partial charge in [-0.15, -0.1) is 22.8 Å². The van der Waals surface area contributed by atoms with Crippen LogP contribution in [0.25, 0.3) is 0 Å². The number of hydrogen-bond acceptors (Lipinski definition) is 3. The van der Waals surface area contributed by atoms with Crippen molar-refractivity contribution in [2.45, 2.75) is 12.1 Å². The molecule has 0 aliphatic rings. The SMILES string of the molecule is Cc1nnc(S)[nH]1.[NaH]. The van der Waals surface area contributed by atoms with Gasteiger partial charge in [0.25, 0.3) is 0 Å². The summed E-state index contributed by atoms with van der Waals surface area (Å²) in [4.78, 5) is 2.78. The number of nitrogens with one attached hydrogen (secondary N) is 1. The molecule has 0 amide bonds. The van der Waals surface area contributed by atoms with Crippen LogP contribution in [0.3, 0.4) is 0 Å². The van der Waals surface area contributed by atoms with E-state index in [0.717, 1.165) is 5.82 Å². The summed E-state index contributed by atoms with van der Waals surface area (Å²) >= 11 is 3.88. The van der Waals surface area contributed by atoms with Gasteiger partial charge in [0, 0.05) is 0 Å². The van der Waals surface area contributed by atoms with E-state index in [1.54, 1.807) is 0 Å². The summed E-state index contributed by atoms with van der Waals surface area (Å²) < 4.78 is 0. The van der Waals surface area contributed by atoms with Gasteiger partial charge in [-0.05, 0) is 6.92 Å². The minimum atomic E-state index is 0. The Morgan fingerprint density at radius 2 is 2.12 bits per heavy atom. The van der Waals surface area contributed by atoms with E-state index in [-0.39, 0.29) is 29.6 Å². The molecule has 0 saturated carbocycles. The van der Waals surface area contributed by atoms with Gasteiger partial charge >= 0.3 is 29.6 Å². The number of aromatic nitrogens is 3. The van der Waals surface area contributed by atoms with Crippen LogP contribution in [0.5, 0.6) is 0 Å². The number of H-pyrrole nitrogens is 1. The molecule has 0 saturated heterocycles. The van der Waals surface area contributed by atoms with Crippen LogP contribution in [-0.4, -0.2) is 44.7 Å². The molecule has 8 heavy (non-hydrogen) atoms. The van der Waals surface area contributed by atoms with Crippen molar-refractivity contribution in [1.82, 2.24) is 15.2 Å². The van der Waals surface area contributed by atoms with Crippen molar-refractivity contribution in [2.75, 3.05) is 0 Å². The molecule has 0 atom stereocenters. The van der Waals surface area contributed by atoms with Gasteiger partial charge in [0.1, 0.15) is 5.82 Å². The fourth-order valence-electron chi connectivity index (χ4n) is 0.334. The number of nitrogens with zero attached hydrogens (tertiary/aromatic N) is 2. The summed E-state index contributed by atoms with van der Waals surface area (Å²) in [5.74, 6) is 0.796. The first-order valence-electron chi connectivity index (χ1n) is 1.87. The van der Waals surface area contributed by atoms with E-state index >= 15 is 0 Å². The average Bonchev–Trinajstić information content (AvgIpc) is 1.87. The van der Waals surface area contributed by atoms with E-state index in [4.69, 9.17) is 0 Å². The average molecular weight is 139 g/mol. The number of aryl methyl sites for hydroxylation is 1. The quantitative estimate of drug-likeness (QED) is 0.384. The first kappa shape index (κ1) is 8.49. The zero-order chi connectivity index (χ0) is 5.28. The second kappa shape index (κ2) is 3.50. The van der Waals surface area contributed by atoms with Gasteiger partial charge in [-0.2, -0.15) is 0 Å². The van der Waals surface area contributed by atoms with Crippen molar-refractivity contribution in [2.24, 2.45) is 0 Å². The zero-order valence-corrected chi connectivity index (χ0v) is 4.74. The molecule has 0 spiro atoms. The van der Waals surface area contributed by atoms with Crippen molar-refractivity contribution in [3.8, 4) is 0 Å². The predicted molar refractivity (Wildman–Crippen MR) is 35.5 cm³/mol. The van der Waals surface area contributed by atoms with Gasteiger partial charge in [0.05, 0.1) is 0 Å². The molecule has 0 aliphatic heterocycles. The van der Waals surface area contributed by atoms with E-state index in [1.165, 1.54) is 0 Å². The van der Waals surface area contributed by atoms with Crippen LogP contribution < -0.4 is 0 Å². The zero-order valence-electron chi connectivity index (χ0n) is 3.84. The molecular weight excluding hydrogens is 133 g/mol. The van der Waals surface area contributed by atoms with Crippen LogP contribution >= 0.6 is 12.6 Å². The first-order valence-corrected chi connectivity index (χ1v) is 2.32. The Bertz CT molecular complexity index is 147. The van der Waals surface area contributed by atoms with Gasteiger partial charge in [-0.3, -0.25) is 0 Å². The monoisotopic (exact) mass is 139 g/mol. The summed E-state index contributed by atoms with van der Waals surface area (Å²) in [6, 6.07) is 0. The summed E-state index contributed by atoms with van der Waals surface area (Å²) in [5.41, 5.74) is 0. The maximum absolute atomic E-state index is 3.88. The molecule has 5 heteroatoms. The summed E-state index contributed by atoms with van der Waals surface area (Å²) in [6.45, 7) is 1.83. The van der Waals surface area contributed by atoms with Crippen molar-refractivity contribution in [1.29, 1.82) is 0 Å². The Morgan fingerprint density at radius 1 is 1.50 bits per heavy atom. The number of aromatic amines is 1. The van der Waals surface area contributed by atoms with Crippen LogP contribution in [0.4, 0.5) is 0 Å². The molecule has 1 rings (SSSR count). The summed E-state index contributed by atoms with van der Waals surface area (Å²) in [5, 5.41) is 7.78. The first-order chi connectivity index (χ1) is 3.29. The third-order valence-electron chi connectivity index (χ3n) is 0.587. The minimum absolute atomic E-state index is 0. The topological polar surface area (TPSA) is 41.6 Å². The maximum atomic E-state index is 3.88. The Hall–Kier alpha value is 0.490. The fourth-order valence-corrected chi connectivity index (χ4v) is 0.541. The van der Waals surface area contributed by atoms with Crippen molar-refractivity contribution < 1.29 is 0 Å². The summed E-state index contributed by atoms with van der Waals surface area (Å²) in [7, 11) is 0. The standard InChI is InChI=1S/C3H5N3S.Na.H/c1-2-4-3(7)6-5-2;;/h1H3,(H2,4,5,6,7);;. The molecule has 0 aromatic carbocycles. The van der Waals surface area contributed by atoms with Gasteiger partial charge in [-0.25, -0.2) is 0 Å². The van der Waals surface area contributed by atoms with Crippen LogP contribution in [0.2, 0.25) is 0 Å².